The molecule has 0 saturated heterocycles. The van der Waals surface area contributed by atoms with Gasteiger partial charge < -0.3 is 10.6 Å². The number of rotatable bonds is 0. The van der Waals surface area contributed by atoms with Gasteiger partial charge in [-0.3, -0.25) is 4.98 Å². The van der Waals surface area contributed by atoms with Crippen molar-refractivity contribution in [1.82, 2.24) is 4.98 Å². The summed E-state index contributed by atoms with van der Waals surface area (Å²) in [5.41, 5.74) is 2.02. The van der Waals surface area contributed by atoms with Crippen LogP contribution in [0.25, 0.3) is 10.8 Å². The standard InChI is InChI=1S/C10H7N3S/c14-10-12-7-3-1-2-6-4-11-5-8(13-10)9(6)7/h1-5H,(H2,12,13,14). The van der Waals surface area contributed by atoms with Crippen LogP contribution in [0.15, 0.2) is 30.6 Å². The lowest BCUT2D eigenvalue weighted by Crippen LogP contribution is -2.23. The molecule has 0 aliphatic carbocycles. The van der Waals surface area contributed by atoms with E-state index < -0.39 is 0 Å². The minimum Gasteiger partial charge on any atom is -0.332 e. The molecule has 0 unspecified atom stereocenters. The third-order valence-corrected chi connectivity index (χ3v) is 2.48. The number of anilines is 2. The molecule has 0 saturated carbocycles. The SMILES string of the molecule is S=C1Nc2cccc3cncc(c23)N1. The van der Waals surface area contributed by atoms with Crippen molar-refractivity contribution in [2.45, 2.75) is 0 Å². The second-order valence-corrected chi connectivity index (χ2v) is 3.58. The Bertz CT molecular complexity index is 493. The highest BCUT2D eigenvalue weighted by Gasteiger charge is 2.13. The van der Waals surface area contributed by atoms with Crippen LogP contribution in [0.5, 0.6) is 0 Å². The normalized spacial score (nSPS) is 13.6. The van der Waals surface area contributed by atoms with Crippen molar-refractivity contribution in [3.63, 3.8) is 0 Å². The molecular formula is C10H7N3S. The lowest BCUT2D eigenvalue weighted by molar-refractivity contribution is 1.36. The van der Waals surface area contributed by atoms with Gasteiger partial charge in [-0.05, 0) is 18.3 Å². The van der Waals surface area contributed by atoms with Gasteiger partial charge in [0, 0.05) is 17.0 Å². The first kappa shape index (κ1) is 7.70. The maximum atomic E-state index is 5.08. The minimum absolute atomic E-state index is 0.623. The summed E-state index contributed by atoms with van der Waals surface area (Å²) in [6, 6.07) is 6.04. The number of hydrogen-bond acceptors (Lipinski definition) is 2. The van der Waals surface area contributed by atoms with Crippen LogP contribution in [-0.2, 0) is 0 Å². The molecule has 1 aliphatic heterocycles. The third-order valence-electron chi connectivity index (χ3n) is 2.28. The first-order chi connectivity index (χ1) is 6.84. The van der Waals surface area contributed by atoms with Gasteiger partial charge in [-0.2, -0.15) is 0 Å². The summed E-state index contributed by atoms with van der Waals surface area (Å²) in [4.78, 5) is 4.14. The first-order valence-corrected chi connectivity index (χ1v) is 4.70. The molecule has 0 bridgehead atoms. The molecule has 0 fully saturated rings. The van der Waals surface area contributed by atoms with Crippen molar-refractivity contribution >= 4 is 39.5 Å². The number of aromatic nitrogens is 1. The van der Waals surface area contributed by atoms with E-state index >= 15 is 0 Å². The molecule has 3 rings (SSSR count). The van der Waals surface area contributed by atoms with E-state index in [0.717, 1.165) is 22.1 Å². The monoisotopic (exact) mass is 201 g/mol. The largest absolute Gasteiger partial charge is 0.332 e. The van der Waals surface area contributed by atoms with Crippen molar-refractivity contribution in [2.24, 2.45) is 0 Å². The highest BCUT2D eigenvalue weighted by Crippen LogP contribution is 2.32. The molecule has 1 aromatic heterocycles. The molecule has 0 amide bonds. The van der Waals surface area contributed by atoms with Crippen LogP contribution >= 0.6 is 12.2 Å². The predicted molar refractivity (Wildman–Crippen MR) is 61.6 cm³/mol. The van der Waals surface area contributed by atoms with Crippen molar-refractivity contribution in [3.05, 3.63) is 30.6 Å². The number of nitrogens with one attached hydrogen (secondary N) is 2. The number of benzene rings is 1. The van der Waals surface area contributed by atoms with Crippen LogP contribution in [0.1, 0.15) is 0 Å². The van der Waals surface area contributed by atoms with Crippen LogP contribution in [-0.4, -0.2) is 10.1 Å². The molecule has 2 N–H and O–H groups in total. The maximum Gasteiger partial charge on any atom is 0.175 e. The molecule has 3 nitrogen and oxygen atoms in total. The lowest BCUT2D eigenvalue weighted by Gasteiger charge is -2.20. The van der Waals surface area contributed by atoms with Gasteiger partial charge in [-0.25, -0.2) is 0 Å². The van der Waals surface area contributed by atoms with E-state index in [-0.39, 0.29) is 0 Å². The van der Waals surface area contributed by atoms with Gasteiger partial charge in [-0.1, -0.05) is 12.1 Å². The Labute approximate surface area is 86.2 Å². The summed E-state index contributed by atoms with van der Waals surface area (Å²) in [7, 11) is 0. The summed E-state index contributed by atoms with van der Waals surface area (Å²) in [5.74, 6) is 0. The summed E-state index contributed by atoms with van der Waals surface area (Å²) in [6.45, 7) is 0. The summed E-state index contributed by atoms with van der Waals surface area (Å²) < 4.78 is 0. The van der Waals surface area contributed by atoms with E-state index in [9.17, 15) is 0 Å². The fourth-order valence-corrected chi connectivity index (χ4v) is 1.93. The van der Waals surface area contributed by atoms with Crippen LogP contribution < -0.4 is 10.6 Å². The highest BCUT2D eigenvalue weighted by atomic mass is 32.1. The highest BCUT2D eigenvalue weighted by molar-refractivity contribution is 7.80. The van der Waals surface area contributed by atoms with Gasteiger partial charge in [0.2, 0.25) is 0 Å². The van der Waals surface area contributed by atoms with E-state index in [1.165, 1.54) is 0 Å². The molecule has 2 heterocycles. The molecule has 0 radical (unpaired) electrons. The Hall–Kier alpha value is -1.68. The second kappa shape index (κ2) is 2.65. The van der Waals surface area contributed by atoms with Gasteiger partial charge in [-0.15, -0.1) is 0 Å². The molecule has 68 valence electrons. The fourth-order valence-electron chi connectivity index (χ4n) is 1.71. The number of pyridine rings is 1. The maximum absolute atomic E-state index is 5.08. The molecular weight excluding hydrogens is 194 g/mol. The molecule has 14 heavy (non-hydrogen) atoms. The third kappa shape index (κ3) is 0.975. The van der Waals surface area contributed by atoms with Crippen molar-refractivity contribution in [3.8, 4) is 0 Å². The first-order valence-electron chi connectivity index (χ1n) is 4.29. The van der Waals surface area contributed by atoms with Crippen LogP contribution in [0, 0.1) is 0 Å². The molecule has 0 spiro atoms. The van der Waals surface area contributed by atoms with Gasteiger partial charge in [0.05, 0.1) is 17.6 Å². The van der Waals surface area contributed by atoms with E-state index in [4.69, 9.17) is 12.2 Å². The summed E-state index contributed by atoms with van der Waals surface area (Å²) in [5, 5.41) is 9.08. The van der Waals surface area contributed by atoms with Crippen molar-refractivity contribution in [1.29, 1.82) is 0 Å². The molecule has 2 aromatic rings. The van der Waals surface area contributed by atoms with Gasteiger partial charge >= 0.3 is 0 Å². The Morgan fingerprint density at radius 1 is 1.07 bits per heavy atom. The zero-order valence-electron chi connectivity index (χ0n) is 7.24. The minimum atomic E-state index is 0.623. The average molecular weight is 201 g/mol. The summed E-state index contributed by atoms with van der Waals surface area (Å²) in [6.07, 6.45) is 3.64. The molecule has 4 heteroatoms. The number of thiocarbonyl (C=S) groups is 1. The van der Waals surface area contributed by atoms with E-state index in [0.29, 0.717) is 5.11 Å². The van der Waals surface area contributed by atoms with Crippen LogP contribution in [0.3, 0.4) is 0 Å². The van der Waals surface area contributed by atoms with Crippen LogP contribution in [0.2, 0.25) is 0 Å². The Morgan fingerprint density at radius 2 is 1.93 bits per heavy atom. The number of nitrogens with zero attached hydrogens (tertiary/aromatic N) is 1. The Balaban J connectivity index is 2.45. The van der Waals surface area contributed by atoms with Gasteiger partial charge in [0.25, 0.3) is 0 Å². The topological polar surface area (TPSA) is 37.0 Å². The lowest BCUT2D eigenvalue weighted by atomic mass is 10.1. The molecule has 0 atom stereocenters. The van der Waals surface area contributed by atoms with E-state index in [1.54, 1.807) is 6.20 Å². The average Bonchev–Trinajstić information content (AvgIpc) is 2.18. The zero-order chi connectivity index (χ0) is 9.54. The number of hydrogen-bond donors (Lipinski definition) is 2. The Morgan fingerprint density at radius 3 is 2.86 bits per heavy atom. The molecule has 1 aromatic carbocycles. The molecule has 1 aliphatic rings. The zero-order valence-corrected chi connectivity index (χ0v) is 8.06. The quantitative estimate of drug-likeness (QED) is 0.641. The van der Waals surface area contributed by atoms with Crippen molar-refractivity contribution < 1.29 is 0 Å². The predicted octanol–water partition coefficient (Wildman–Crippen LogP) is 2.36. The van der Waals surface area contributed by atoms with Crippen molar-refractivity contribution in [2.75, 3.05) is 10.6 Å². The second-order valence-electron chi connectivity index (χ2n) is 3.17. The smallest absolute Gasteiger partial charge is 0.175 e. The van der Waals surface area contributed by atoms with Crippen LogP contribution in [0.4, 0.5) is 11.4 Å². The van der Waals surface area contributed by atoms with Gasteiger partial charge in [0.15, 0.2) is 5.11 Å². The van der Waals surface area contributed by atoms with E-state index in [1.807, 2.05) is 24.4 Å². The van der Waals surface area contributed by atoms with E-state index in [2.05, 4.69) is 15.6 Å². The Kier molecular flexibility index (Phi) is 1.46. The summed E-state index contributed by atoms with van der Waals surface area (Å²) >= 11 is 5.08. The fraction of sp³-hybridized carbons (Fsp3) is 0. The van der Waals surface area contributed by atoms with Gasteiger partial charge in [0.1, 0.15) is 0 Å².